The van der Waals surface area contributed by atoms with E-state index in [4.69, 9.17) is 21.5 Å². The Bertz CT molecular complexity index is 123. The zero-order chi connectivity index (χ0) is 9.28. The third kappa shape index (κ3) is 28.7. The fourth-order valence-electron chi connectivity index (χ4n) is 0.203. The molecule has 0 aromatic rings. The molecule has 0 saturated heterocycles. The van der Waals surface area contributed by atoms with Crippen molar-refractivity contribution in [3.8, 4) is 0 Å². The highest BCUT2D eigenvalue weighted by Crippen LogP contribution is 1.67. The molecule has 2 amide bonds. The van der Waals surface area contributed by atoms with Crippen molar-refractivity contribution in [1.82, 2.24) is 5.43 Å². The second-order valence-corrected chi connectivity index (χ2v) is 1.44. The van der Waals surface area contributed by atoms with Gasteiger partial charge in [0.15, 0.2) is 0 Å². The van der Waals surface area contributed by atoms with Crippen molar-refractivity contribution in [3.63, 3.8) is 0 Å². The molecule has 0 aliphatic rings. The van der Waals surface area contributed by atoms with Crippen LogP contribution in [0.25, 0.3) is 0 Å². The second kappa shape index (κ2) is 8.66. The first-order valence-electron chi connectivity index (χ1n) is 2.72. The van der Waals surface area contributed by atoms with Gasteiger partial charge in [-0.2, -0.15) is 0 Å². The number of rotatable bonds is 2. The van der Waals surface area contributed by atoms with Crippen LogP contribution in [0.15, 0.2) is 0 Å². The number of hydrogen-bond acceptors (Lipinski definition) is 4. The van der Waals surface area contributed by atoms with Gasteiger partial charge in [0.2, 0.25) is 5.91 Å². The van der Waals surface area contributed by atoms with Crippen LogP contribution < -0.4 is 22.7 Å². The molecule has 11 heavy (non-hydrogen) atoms. The van der Waals surface area contributed by atoms with Crippen LogP contribution in [-0.4, -0.2) is 23.7 Å². The second-order valence-electron chi connectivity index (χ2n) is 1.44. The highest BCUT2D eigenvalue weighted by Gasteiger charge is 1.90. The third-order valence-corrected chi connectivity index (χ3v) is 0.532. The van der Waals surface area contributed by atoms with E-state index < -0.39 is 6.09 Å². The standard InChI is InChI=1S/C3H9N3O.CH3NO2/c4-2-1-3(7)6-5;2-1(3)4/h1-2,4-5H2,(H,6,7);2H2,(H,3,4). The monoisotopic (exact) mass is 164 g/mol. The Hall–Kier alpha value is -1.34. The molecule has 7 nitrogen and oxygen atoms in total. The van der Waals surface area contributed by atoms with Crippen molar-refractivity contribution in [2.75, 3.05) is 6.54 Å². The lowest BCUT2D eigenvalue weighted by Gasteiger charge is -1.91. The Morgan fingerprint density at radius 3 is 1.91 bits per heavy atom. The van der Waals surface area contributed by atoms with Gasteiger partial charge in [-0.05, 0) is 0 Å². The summed E-state index contributed by atoms with van der Waals surface area (Å²) in [6.45, 7) is 0.350. The molecule has 0 rings (SSSR count). The van der Waals surface area contributed by atoms with Crippen LogP contribution in [0.4, 0.5) is 4.79 Å². The molecule has 0 bridgehead atoms. The number of amides is 2. The Morgan fingerprint density at radius 2 is 1.82 bits per heavy atom. The van der Waals surface area contributed by atoms with E-state index in [2.05, 4.69) is 5.73 Å². The van der Waals surface area contributed by atoms with E-state index in [1.165, 1.54) is 0 Å². The number of primary amides is 1. The summed E-state index contributed by atoms with van der Waals surface area (Å²) in [7, 11) is 0. The predicted molar refractivity (Wildman–Crippen MR) is 38.2 cm³/mol. The predicted octanol–water partition coefficient (Wildman–Crippen LogP) is -2.05. The zero-order valence-corrected chi connectivity index (χ0v) is 5.91. The first-order chi connectivity index (χ1) is 5.04. The minimum absolute atomic E-state index is 0.220. The number of hydrazine groups is 1. The van der Waals surface area contributed by atoms with Gasteiger partial charge in [-0.25, -0.2) is 10.6 Å². The minimum Gasteiger partial charge on any atom is -0.465 e. The molecule has 0 aromatic heterocycles. The van der Waals surface area contributed by atoms with Gasteiger partial charge < -0.3 is 16.6 Å². The van der Waals surface area contributed by atoms with Crippen LogP contribution in [-0.2, 0) is 4.79 Å². The summed E-state index contributed by atoms with van der Waals surface area (Å²) in [4.78, 5) is 18.9. The smallest absolute Gasteiger partial charge is 0.402 e. The lowest BCUT2D eigenvalue weighted by molar-refractivity contribution is -0.120. The Morgan fingerprint density at radius 1 is 1.45 bits per heavy atom. The van der Waals surface area contributed by atoms with Gasteiger partial charge in [-0.1, -0.05) is 0 Å². The van der Waals surface area contributed by atoms with Gasteiger partial charge >= 0.3 is 6.09 Å². The molecular weight excluding hydrogens is 152 g/mol. The first-order valence-corrected chi connectivity index (χ1v) is 2.72. The third-order valence-electron chi connectivity index (χ3n) is 0.532. The Kier molecular flexibility index (Phi) is 9.72. The maximum Gasteiger partial charge on any atom is 0.402 e. The number of hydrogen-bond donors (Lipinski definition) is 5. The number of nitrogens with one attached hydrogen (secondary N) is 1. The molecule has 0 fully saturated rings. The van der Waals surface area contributed by atoms with E-state index in [-0.39, 0.29) is 5.91 Å². The van der Waals surface area contributed by atoms with Gasteiger partial charge in [-0.3, -0.25) is 10.2 Å². The van der Waals surface area contributed by atoms with E-state index in [1.54, 1.807) is 0 Å². The quantitative estimate of drug-likeness (QED) is 0.181. The fourth-order valence-corrected chi connectivity index (χ4v) is 0.203. The van der Waals surface area contributed by atoms with Crippen LogP contribution >= 0.6 is 0 Å². The van der Waals surface area contributed by atoms with Crippen LogP contribution in [0.2, 0.25) is 0 Å². The normalized spacial score (nSPS) is 7.45. The fraction of sp³-hybridized carbons (Fsp3) is 0.500. The van der Waals surface area contributed by atoms with Crippen LogP contribution in [0.3, 0.4) is 0 Å². The van der Waals surface area contributed by atoms with Gasteiger partial charge in [0.25, 0.3) is 0 Å². The molecule has 0 aliphatic heterocycles. The lowest BCUT2D eigenvalue weighted by Crippen LogP contribution is -2.31. The van der Waals surface area contributed by atoms with Crippen molar-refractivity contribution in [2.24, 2.45) is 17.3 Å². The van der Waals surface area contributed by atoms with Crippen molar-refractivity contribution in [2.45, 2.75) is 6.42 Å². The summed E-state index contributed by atoms with van der Waals surface area (Å²) in [6.07, 6.45) is -1.03. The van der Waals surface area contributed by atoms with Crippen molar-refractivity contribution < 1.29 is 14.7 Å². The topological polar surface area (TPSA) is 144 Å². The summed E-state index contributed by atoms with van der Waals surface area (Å²) in [5, 5.41) is 7.19. The molecular formula is C4H12N4O3. The van der Waals surface area contributed by atoms with Crippen LogP contribution in [0.1, 0.15) is 6.42 Å². The van der Waals surface area contributed by atoms with Crippen molar-refractivity contribution in [3.05, 3.63) is 0 Å². The average Bonchev–Trinajstić information content (AvgIpc) is 1.87. The summed E-state index contributed by atoms with van der Waals surface area (Å²) in [5.41, 5.74) is 11.0. The molecule has 0 saturated carbocycles. The first kappa shape index (κ1) is 12.3. The zero-order valence-electron chi connectivity index (χ0n) is 5.91. The maximum absolute atomic E-state index is 10.1. The van der Waals surface area contributed by atoms with Crippen molar-refractivity contribution in [1.29, 1.82) is 0 Å². The van der Waals surface area contributed by atoms with Gasteiger partial charge in [-0.15, -0.1) is 0 Å². The molecule has 8 N–H and O–H groups in total. The average molecular weight is 164 g/mol. The van der Waals surface area contributed by atoms with Gasteiger partial charge in [0.05, 0.1) is 0 Å². The molecule has 0 radical (unpaired) electrons. The molecule has 66 valence electrons. The van der Waals surface area contributed by atoms with E-state index in [0.29, 0.717) is 13.0 Å². The molecule has 0 heterocycles. The van der Waals surface area contributed by atoms with Gasteiger partial charge in [0.1, 0.15) is 0 Å². The minimum atomic E-state index is -1.33. The van der Waals surface area contributed by atoms with Gasteiger partial charge in [0, 0.05) is 13.0 Å². The molecule has 0 aromatic carbocycles. The molecule has 0 aliphatic carbocycles. The summed E-state index contributed by atoms with van der Waals surface area (Å²) >= 11 is 0. The number of nitrogens with two attached hydrogens (primary N) is 3. The largest absolute Gasteiger partial charge is 0.465 e. The Balaban J connectivity index is 0. The van der Waals surface area contributed by atoms with Crippen LogP contribution in [0.5, 0.6) is 0 Å². The molecule has 0 spiro atoms. The van der Waals surface area contributed by atoms with Crippen molar-refractivity contribution >= 4 is 12.0 Å². The molecule has 7 heteroatoms. The highest BCUT2D eigenvalue weighted by molar-refractivity contribution is 5.75. The summed E-state index contributed by atoms with van der Waals surface area (Å²) in [6, 6.07) is 0. The van der Waals surface area contributed by atoms with E-state index in [9.17, 15) is 4.79 Å². The van der Waals surface area contributed by atoms with E-state index in [0.717, 1.165) is 0 Å². The number of carboxylic acid groups (broad SMARTS) is 1. The number of carbonyl (C=O) groups is 2. The van der Waals surface area contributed by atoms with Crippen LogP contribution in [0, 0.1) is 0 Å². The molecule has 0 unspecified atom stereocenters. The lowest BCUT2D eigenvalue weighted by atomic mass is 10.4. The molecule has 0 atom stereocenters. The summed E-state index contributed by atoms with van der Waals surface area (Å²) in [5.74, 6) is 4.48. The highest BCUT2D eigenvalue weighted by atomic mass is 16.4. The SMILES string of the molecule is NC(=O)O.NCCC(=O)NN. The number of carbonyl (C=O) groups excluding carboxylic acids is 1. The van der Waals surface area contributed by atoms with E-state index >= 15 is 0 Å². The Labute approximate surface area is 63.5 Å². The van der Waals surface area contributed by atoms with E-state index in [1.807, 2.05) is 5.43 Å². The summed E-state index contributed by atoms with van der Waals surface area (Å²) < 4.78 is 0. The maximum atomic E-state index is 10.1.